The lowest BCUT2D eigenvalue weighted by molar-refractivity contribution is -0.136. The molecule has 0 aromatic heterocycles. The van der Waals surface area contributed by atoms with Gasteiger partial charge in [0.15, 0.2) is 0 Å². The number of esters is 1. The summed E-state index contributed by atoms with van der Waals surface area (Å²) in [5, 5.41) is 0. The monoisotopic (exact) mass is 638 g/mol. The van der Waals surface area contributed by atoms with Gasteiger partial charge in [-0.05, 0) is 12.8 Å². The maximum atomic E-state index is 13.5. The summed E-state index contributed by atoms with van der Waals surface area (Å²) in [5.41, 5.74) is 0. The number of alkyl halides is 1. The van der Waals surface area contributed by atoms with Crippen LogP contribution >= 0.6 is 11.6 Å². The van der Waals surface area contributed by atoms with Gasteiger partial charge in [0.25, 0.3) is 0 Å². The second-order valence-electron chi connectivity index (χ2n) is 8.51. The van der Waals surface area contributed by atoms with Gasteiger partial charge in [-0.2, -0.15) is 8.78 Å². The Morgan fingerprint density at radius 2 is 0.786 bits per heavy atom. The van der Waals surface area contributed by atoms with E-state index in [0.29, 0.717) is 65.3 Å². The molecule has 0 fully saturated rings. The average molecular weight is 639 g/mol. The van der Waals surface area contributed by atoms with E-state index in [1.165, 1.54) is 0 Å². The van der Waals surface area contributed by atoms with Crippen LogP contribution in [0, 0.1) is 29.1 Å². The predicted molar refractivity (Wildman–Crippen MR) is 141 cm³/mol. The maximum Gasteiger partial charge on any atom is 0.313 e. The Morgan fingerprint density at radius 3 is 1.19 bits per heavy atom. The van der Waals surface area contributed by atoms with E-state index in [1.54, 1.807) is 0 Å². The Kier molecular flexibility index (Phi) is 23.6. The molecule has 0 aliphatic rings. The molecule has 9 nitrogen and oxygen atoms in total. The average Bonchev–Trinajstić information content (AvgIpc) is 2.99. The molecule has 0 N–H and O–H groups in total. The number of hydrogen-bond donors (Lipinski definition) is 0. The smallest absolute Gasteiger partial charge is 0.313 e. The van der Waals surface area contributed by atoms with Crippen molar-refractivity contribution in [2.24, 2.45) is 0 Å². The molecule has 0 amide bonds. The summed E-state index contributed by atoms with van der Waals surface area (Å²) in [6.07, 6.45) is 3.88. The van der Waals surface area contributed by atoms with Gasteiger partial charge in [-0.3, -0.25) is 4.79 Å². The molecular formula is C27H40ClF5O9. The fraction of sp³-hybridized carbons (Fsp3) is 0.741. The minimum absolute atomic E-state index is 0.0908. The van der Waals surface area contributed by atoms with Crippen molar-refractivity contribution in [3.63, 3.8) is 0 Å². The summed E-state index contributed by atoms with van der Waals surface area (Å²) < 4.78 is 108. The van der Waals surface area contributed by atoms with Gasteiger partial charge in [-0.1, -0.05) is 12.8 Å². The van der Waals surface area contributed by atoms with Gasteiger partial charge >= 0.3 is 5.97 Å². The molecule has 0 saturated heterocycles. The maximum absolute atomic E-state index is 13.5. The SMILES string of the molecule is O=C(CCOCCOCCOCCOCCOCCOCCOCCCCCCCl)Oc1c(F)c(F)c(F)c(F)c1F. The van der Waals surface area contributed by atoms with Crippen molar-refractivity contribution < 1.29 is 64.6 Å². The Bertz CT molecular complexity index is 826. The first-order valence-electron chi connectivity index (χ1n) is 13.7. The number of hydrogen-bond acceptors (Lipinski definition) is 9. The van der Waals surface area contributed by atoms with Crippen molar-refractivity contribution in [3.05, 3.63) is 29.1 Å². The molecule has 15 heteroatoms. The number of unbranched alkanes of at least 4 members (excludes halogenated alkanes) is 3. The molecular weight excluding hydrogens is 599 g/mol. The van der Waals surface area contributed by atoms with Crippen molar-refractivity contribution in [1.29, 1.82) is 0 Å². The second kappa shape index (κ2) is 25.8. The van der Waals surface area contributed by atoms with Crippen LogP contribution in [0.1, 0.15) is 32.1 Å². The van der Waals surface area contributed by atoms with Crippen molar-refractivity contribution in [3.8, 4) is 5.75 Å². The number of carbonyl (C=O) groups excluding carboxylic acids is 1. The normalized spacial score (nSPS) is 11.4. The van der Waals surface area contributed by atoms with E-state index in [9.17, 15) is 26.7 Å². The van der Waals surface area contributed by atoms with Gasteiger partial charge in [0.05, 0.1) is 92.3 Å². The van der Waals surface area contributed by atoms with Gasteiger partial charge in [0.2, 0.25) is 34.8 Å². The highest BCUT2D eigenvalue weighted by molar-refractivity contribution is 6.17. The van der Waals surface area contributed by atoms with Crippen LogP contribution in [0.15, 0.2) is 0 Å². The van der Waals surface area contributed by atoms with Crippen molar-refractivity contribution in [2.45, 2.75) is 32.1 Å². The lowest BCUT2D eigenvalue weighted by Gasteiger charge is -2.09. The predicted octanol–water partition coefficient (Wildman–Crippen LogP) is 4.59. The number of ether oxygens (including phenoxy) is 8. The Hall–Kier alpha value is -1.65. The van der Waals surface area contributed by atoms with E-state index in [4.69, 9.17) is 44.8 Å². The lowest BCUT2D eigenvalue weighted by Crippen LogP contribution is -2.16. The molecule has 0 bridgehead atoms. The van der Waals surface area contributed by atoms with Crippen molar-refractivity contribution >= 4 is 17.6 Å². The number of halogens is 6. The fourth-order valence-electron chi connectivity index (χ4n) is 3.07. The van der Waals surface area contributed by atoms with E-state index in [1.807, 2.05) is 0 Å². The van der Waals surface area contributed by atoms with E-state index in [0.717, 1.165) is 32.3 Å². The van der Waals surface area contributed by atoms with Crippen LogP contribution in [-0.2, 0) is 38.0 Å². The van der Waals surface area contributed by atoms with E-state index >= 15 is 0 Å². The van der Waals surface area contributed by atoms with Crippen LogP contribution in [0.2, 0.25) is 0 Å². The zero-order chi connectivity index (χ0) is 30.8. The molecule has 1 rings (SSSR count). The first kappa shape index (κ1) is 38.4. The van der Waals surface area contributed by atoms with Crippen LogP contribution in [0.5, 0.6) is 5.75 Å². The molecule has 1 aromatic rings. The highest BCUT2D eigenvalue weighted by Gasteiger charge is 2.28. The lowest BCUT2D eigenvalue weighted by atomic mass is 10.2. The third-order valence-electron chi connectivity index (χ3n) is 5.24. The summed E-state index contributed by atoms with van der Waals surface area (Å²) in [5.74, 6) is -13.4. The van der Waals surface area contributed by atoms with Crippen LogP contribution in [0.4, 0.5) is 22.0 Å². The first-order valence-corrected chi connectivity index (χ1v) is 14.3. The Balaban J connectivity index is 1.82. The van der Waals surface area contributed by atoms with Crippen LogP contribution in [0.25, 0.3) is 0 Å². The zero-order valence-electron chi connectivity index (χ0n) is 23.6. The topological polar surface area (TPSA) is 90.9 Å². The summed E-state index contributed by atoms with van der Waals surface area (Å²) >= 11 is 5.62. The van der Waals surface area contributed by atoms with E-state index in [-0.39, 0.29) is 26.4 Å². The zero-order valence-corrected chi connectivity index (χ0v) is 24.3. The van der Waals surface area contributed by atoms with Gasteiger partial charge in [0.1, 0.15) is 0 Å². The molecule has 0 spiro atoms. The minimum Gasteiger partial charge on any atom is -0.420 e. The molecule has 42 heavy (non-hydrogen) atoms. The van der Waals surface area contributed by atoms with Gasteiger partial charge < -0.3 is 37.9 Å². The molecule has 0 aliphatic carbocycles. The van der Waals surface area contributed by atoms with Gasteiger partial charge in [-0.15, -0.1) is 11.6 Å². The number of carbonyl (C=O) groups is 1. The second-order valence-corrected chi connectivity index (χ2v) is 8.89. The molecule has 0 radical (unpaired) electrons. The standard InChI is InChI=1S/C27H40ClF5O9/c28-6-3-1-2-4-7-35-9-11-37-13-15-39-17-19-41-20-18-40-16-14-38-12-10-36-8-5-21(34)42-27-25(32)23(30)22(29)24(31)26(27)33/h1-20H2. The first-order chi connectivity index (χ1) is 20.4. The molecule has 244 valence electrons. The summed E-state index contributed by atoms with van der Waals surface area (Å²) in [4.78, 5) is 11.6. The molecule has 0 saturated carbocycles. The van der Waals surface area contributed by atoms with Gasteiger partial charge in [0, 0.05) is 12.5 Å². The molecule has 0 aliphatic heterocycles. The summed E-state index contributed by atoms with van der Waals surface area (Å²) in [7, 11) is 0. The van der Waals surface area contributed by atoms with Crippen LogP contribution in [0.3, 0.4) is 0 Å². The Labute approximate surface area is 247 Å². The van der Waals surface area contributed by atoms with E-state index in [2.05, 4.69) is 4.74 Å². The minimum atomic E-state index is -2.34. The Morgan fingerprint density at radius 1 is 0.452 bits per heavy atom. The molecule has 1 aromatic carbocycles. The third-order valence-corrected chi connectivity index (χ3v) is 5.51. The molecule has 0 atom stereocenters. The highest BCUT2D eigenvalue weighted by atomic mass is 35.5. The molecule has 0 unspecified atom stereocenters. The summed E-state index contributed by atoms with van der Waals surface area (Å²) in [6.45, 7) is 5.12. The third kappa shape index (κ3) is 18.1. The van der Waals surface area contributed by atoms with Crippen LogP contribution < -0.4 is 4.74 Å². The highest BCUT2D eigenvalue weighted by Crippen LogP contribution is 2.29. The van der Waals surface area contributed by atoms with Crippen molar-refractivity contribution in [2.75, 3.05) is 98.4 Å². The largest absolute Gasteiger partial charge is 0.420 e. The van der Waals surface area contributed by atoms with Gasteiger partial charge in [-0.25, -0.2) is 13.2 Å². The van der Waals surface area contributed by atoms with Crippen LogP contribution in [-0.4, -0.2) is 104 Å². The van der Waals surface area contributed by atoms with E-state index < -0.39 is 47.2 Å². The quantitative estimate of drug-likeness (QED) is 0.0249. The number of rotatable bonds is 28. The fourth-order valence-corrected chi connectivity index (χ4v) is 3.26. The van der Waals surface area contributed by atoms with Crippen molar-refractivity contribution in [1.82, 2.24) is 0 Å². The molecule has 0 heterocycles. The summed E-state index contributed by atoms with van der Waals surface area (Å²) in [6, 6.07) is 0. The number of benzene rings is 1.